The lowest BCUT2D eigenvalue weighted by molar-refractivity contribution is -0.326. The van der Waals surface area contributed by atoms with E-state index in [4.69, 9.17) is 66.3 Å². The summed E-state index contributed by atoms with van der Waals surface area (Å²) in [7, 11) is 0. The van der Waals surface area contributed by atoms with E-state index in [9.17, 15) is 43.8 Å². The second-order valence-corrected chi connectivity index (χ2v) is 22.3. The number of hydrogen-bond donors (Lipinski definition) is 2. The van der Waals surface area contributed by atoms with Crippen molar-refractivity contribution >= 4 is 41.8 Å². The molecule has 482 valence electrons. The Kier molecular flexibility index (Phi) is 20.8. The molecule has 0 bridgehead atoms. The molecule has 93 heavy (non-hydrogen) atoms. The number of ether oxygens (including phenoxy) is 14. The lowest BCUT2D eigenvalue weighted by Gasteiger charge is -2.45. The van der Waals surface area contributed by atoms with E-state index in [1.807, 2.05) is 0 Å². The van der Waals surface area contributed by atoms with Gasteiger partial charge in [-0.1, -0.05) is 127 Å². The zero-order chi connectivity index (χ0) is 65.0. The number of carbonyl (C=O) groups excluding carboxylic acids is 7. The van der Waals surface area contributed by atoms with Crippen LogP contribution in [0.15, 0.2) is 212 Å². The summed E-state index contributed by atoms with van der Waals surface area (Å²) in [5.41, 5.74) is 0.516. The van der Waals surface area contributed by atoms with Gasteiger partial charge in [-0.15, -0.1) is 0 Å². The van der Waals surface area contributed by atoms with Crippen molar-refractivity contribution in [2.75, 3.05) is 19.8 Å². The van der Waals surface area contributed by atoms with Gasteiger partial charge in [-0.2, -0.15) is 0 Å². The highest BCUT2D eigenvalue weighted by atomic mass is 16.9. The van der Waals surface area contributed by atoms with Crippen LogP contribution in [-0.4, -0.2) is 170 Å². The van der Waals surface area contributed by atoms with Crippen LogP contribution in [0.2, 0.25) is 0 Å². The van der Waals surface area contributed by atoms with Crippen LogP contribution in [0, 0.1) is 0 Å². The first-order chi connectivity index (χ1) is 45.1. The second kappa shape index (κ2) is 29.8. The van der Waals surface area contributed by atoms with Crippen molar-refractivity contribution in [3.63, 3.8) is 0 Å². The van der Waals surface area contributed by atoms with E-state index in [2.05, 4.69) is 0 Å². The van der Waals surface area contributed by atoms with Crippen LogP contribution in [0.1, 0.15) is 86.4 Å². The average Bonchev–Trinajstić information content (AvgIpc) is 1.77. The summed E-state index contributed by atoms with van der Waals surface area (Å²) in [6, 6.07) is 54.6. The molecule has 7 aromatic carbocycles. The minimum atomic E-state index is -2.00. The lowest BCUT2D eigenvalue weighted by Crippen LogP contribution is -2.64. The fraction of sp³-hybridized carbons (Fsp3) is 0.300. The lowest BCUT2D eigenvalue weighted by atomic mass is 9.97. The molecule has 7 aromatic rings. The summed E-state index contributed by atoms with van der Waals surface area (Å²) in [6.07, 6.45) is -25.5. The Bertz CT molecular complexity index is 3660. The van der Waals surface area contributed by atoms with Gasteiger partial charge in [-0.3, -0.25) is 0 Å². The first kappa shape index (κ1) is 65.0. The molecule has 2 N–H and O–H groups in total. The number of aliphatic hydroxyl groups is 2. The number of fused-ring (bicyclic) bond motifs is 1. The van der Waals surface area contributed by atoms with Crippen molar-refractivity contribution in [1.82, 2.24) is 0 Å². The Hall–Kier alpha value is -9.53. The molecule has 0 radical (unpaired) electrons. The highest BCUT2D eigenvalue weighted by molar-refractivity contribution is 5.93. The molecule has 6 unspecified atom stereocenters. The van der Waals surface area contributed by atoms with E-state index < -0.39 is 160 Å². The van der Waals surface area contributed by atoms with Gasteiger partial charge in [0.2, 0.25) is 0 Å². The maximum absolute atomic E-state index is 14.3. The number of esters is 7. The molecule has 23 heteroatoms. The predicted molar refractivity (Wildman–Crippen MR) is 321 cm³/mol. The van der Waals surface area contributed by atoms with Gasteiger partial charge < -0.3 is 76.5 Å². The van der Waals surface area contributed by atoms with E-state index >= 15 is 0 Å². The number of hydrogen-bond acceptors (Lipinski definition) is 23. The van der Waals surface area contributed by atoms with Gasteiger partial charge in [-0.25, -0.2) is 33.6 Å². The summed E-state index contributed by atoms with van der Waals surface area (Å²) < 4.78 is 87.2. The summed E-state index contributed by atoms with van der Waals surface area (Å²) in [4.78, 5) is 97.9. The Labute approximate surface area is 532 Å². The predicted octanol–water partition coefficient (Wildman–Crippen LogP) is 7.28. The Morgan fingerprint density at radius 1 is 0.398 bits per heavy atom. The number of rotatable bonds is 22. The molecule has 4 saturated heterocycles. The van der Waals surface area contributed by atoms with Gasteiger partial charge in [0.25, 0.3) is 0 Å². The zero-order valence-corrected chi connectivity index (χ0v) is 50.0. The van der Waals surface area contributed by atoms with Crippen molar-refractivity contribution in [3.05, 3.63) is 251 Å². The van der Waals surface area contributed by atoms with E-state index in [1.54, 1.807) is 141 Å². The number of aliphatic hydroxyl groups excluding tert-OH is 2. The fourth-order valence-corrected chi connectivity index (χ4v) is 10.8. The summed E-state index contributed by atoms with van der Waals surface area (Å²) in [5, 5.41) is 25.1. The highest BCUT2D eigenvalue weighted by Crippen LogP contribution is 2.42. The van der Waals surface area contributed by atoms with Crippen LogP contribution >= 0.6 is 0 Å². The largest absolute Gasteiger partial charge is 0.459 e. The first-order valence-corrected chi connectivity index (χ1v) is 29.8. The summed E-state index contributed by atoms with van der Waals surface area (Å²) >= 11 is 0. The molecule has 4 aliphatic rings. The maximum atomic E-state index is 14.3. The number of carbonyl (C=O) groups is 7. The number of benzene rings is 7. The van der Waals surface area contributed by atoms with Gasteiger partial charge in [0, 0.05) is 0 Å². The van der Waals surface area contributed by atoms with Gasteiger partial charge in [-0.05, 0) is 98.8 Å². The van der Waals surface area contributed by atoms with E-state index in [0.717, 1.165) is 0 Å². The minimum Gasteiger partial charge on any atom is -0.459 e. The normalized spacial score (nSPS) is 26.4. The van der Waals surface area contributed by atoms with Gasteiger partial charge in [0.15, 0.2) is 55.2 Å². The average molecular weight is 1270 g/mol. The molecule has 4 heterocycles. The quantitative estimate of drug-likeness (QED) is 0.0498. The Morgan fingerprint density at radius 3 is 1.14 bits per heavy atom. The third-order valence-electron chi connectivity index (χ3n) is 15.4. The molecule has 0 aromatic heterocycles. The molecule has 23 nitrogen and oxygen atoms in total. The third kappa shape index (κ3) is 15.9. The summed E-state index contributed by atoms with van der Waals surface area (Å²) in [5.74, 6) is -7.78. The van der Waals surface area contributed by atoms with Crippen LogP contribution < -0.4 is 0 Å². The highest BCUT2D eigenvalue weighted by Gasteiger charge is 2.61. The maximum Gasteiger partial charge on any atom is 0.338 e. The molecule has 0 amide bonds. The zero-order valence-electron chi connectivity index (χ0n) is 50.0. The molecular formula is C70H64O23. The van der Waals surface area contributed by atoms with Crippen molar-refractivity contribution in [2.45, 2.75) is 112 Å². The van der Waals surface area contributed by atoms with Crippen molar-refractivity contribution in [1.29, 1.82) is 0 Å². The van der Waals surface area contributed by atoms with E-state index in [-0.39, 0.29) is 38.9 Å². The molecule has 4 aliphatic heterocycles. The monoisotopic (exact) mass is 1270 g/mol. The van der Waals surface area contributed by atoms with Gasteiger partial charge in [0.1, 0.15) is 55.9 Å². The molecule has 15 atom stereocenters. The van der Waals surface area contributed by atoms with E-state index in [1.165, 1.54) is 84.9 Å². The SMILES string of the molecule is CC1(C)OC2[C@H](O[C@H](C(O)CO[C@@H]3OC(COC(=O)c4ccccc4)[C@@H](OC(=O)c4ccccc4)[C@H](OC(=O)c4ccccc4)C3OC(=O)c3ccccc3)[C@H]2O[C@@H]2OC(COC(=O)c3ccccc3)[C@@H](OC(=O)c3ccccc3)[C@H](O)C2OC(=O)c2ccccc2)O1. The topological polar surface area (TPSA) is 289 Å². The first-order valence-electron chi connectivity index (χ1n) is 29.8. The smallest absolute Gasteiger partial charge is 0.338 e. The van der Waals surface area contributed by atoms with Crippen LogP contribution in [0.4, 0.5) is 0 Å². The standard InChI is InChI=1S/C70H64O23/c1-70(2)92-59-56(91-68-55(87-64(77)45-32-18-7-19-33-45)51(72)53(85-62(75)43-28-14-5-15-29-43)49(84-68)39-80-60(73)41-24-10-3-11-25-41)52(90-69(59)93-70)48(71)38-82-67-58(89-66(79)47-36-22-9-23-37-47)57(88-65(78)46-34-20-8-21-35-46)54(86-63(76)44-30-16-6-17-31-44)50(83-67)40-81-61(74)42-26-12-4-13-27-42/h3-37,48-59,67-69,71-72H,38-40H2,1-2H3/t48?,49?,50?,51-,52+,53+,54+,55?,56+,57-,58?,59?,67+,68-,69+/m0/s1. The molecule has 11 rings (SSSR count). The Balaban J connectivity index is 0.932. The van der Waals surface area contributed by atoms with Crippen molar-refractivity contribution in [3.8, 4) is 0 Å². The van der Waals surface area contributed by atoms with Crippen molar-refractivity contribution < 1.29 is 110 Å². The second-order valence-electron chi connectivity index (χ2n) is 22.3. The van der Waals surface area contributed by atoms with Crippen LogP contribution in [0.3, 0.4) is 0 Å². The van der Waals surface area contributed by atoms with E-state index in [0.29, 0.717) is 0 Å². The minimum absolute atomic E-state index is 0.0232. The molecule has 0 aliphatic carbocycles. The Morgan fingerprint density at radius 2 is 0.731 bits per heavy atom. The van der Waals surface area contributed by atoms with Gasteiger partial charge in [0.05, 0.1) is 45.6 Å². The molecule has 4 fully saturated rings. The van der Waals surface area contributed by atoms with Crippen molar-refractivity contribution in [2.24, 2.45) is 0 Å². The van der Waals surface area contributed by atoms with Crippen LogP contribution in [0.25, 0.3) is 0 Å². The summed E-state index contributed by atoms with van der Waals surface area (Å²) in [6.45, 7) is 0.973. The molecule has 0 spiro atoms. The van der Waals surface area contributed by atoms with Crippen LogP contribution in [-0.2, 0) is 66.3 Å². The van der Waals surface area contributed by atoms with Gasteiger partial charge >= 0.3 is 41.8 Å². The molecule has 0 saturated carbocycles. The fourth-order valence-electron chi connectivity index (χ4n) is 10.8. The molecular weight excluding hydrogens is 1210 g/mol. The van der Waals surface area contributed by atoms with Crippen LogP contribution in [0.5, 0.6) is 0 Å². The third-order valence-corrected chi connectivity index (χ3v) is 15.4.